The summed E-state index contributed by atoms with van der Waals surface area (Å²) in [4.78, 5) is 10.9. The molecule has 0 N–H and O–H groups in total. The van der Waals surface area contributed by atoms with Crippen molar-refractivity contribution < 1.29 is 13.6 Å². The summed E-state index contributed by atoms with van der Waals surface area (Å²) in [6, 6.07) is 5.02. The fraction of sp³-hybridized carbons (Fsp3) is 0. The maximum absolute atomic E-state index is 12.0. The van der Waals surface area contributed by atoms with Crippen molar-refractivity contribution in [3.8, 4) is 0 Å². The molecule has 2 nitrogen and oxygen atoms in total. The average Bonchev–Trinajstić information content (AvgIpc) is 2.57. The molecule has 0 fully saturated rings. The zero-order chi connectivity index (χ0) is 10.8. The molecule has 0 aliphatic heterocycles. The lowest BCUT2D eigenvalue weighted by molar-refractivity contribution is 0.112. The fourth-order valence-electron chi connectivity index (χ4n) is 1.45. The van der Waals surface area contributed by atoms with Crippen LogP contribution in [0, 0.1) is 0 Å². The van der Waals surface area contributed by atoms with Crippen molar-refractivity contribution in [1.82, 2.24) is 0 Å². The zero-order valence-corrected chi connectivity index (χ0v) is 8.29. The first kappa shape index (κ1) is 9.93. The molecule has 0 aliphatic carbocycles. The van der Waals surface area contributed by atoms with Gasteiger partial charge in [0.1, 0.15) is 11.3 Å². The number of furan rings is 1. The first-order valence-corrected chi connectivity index (χ1v) is 4.58. The number of fused-ring (bicyclic) bond motifs is 1. The number of benzene rings is 1. The molecule has 0 spiro atoms. The molecule has 1 aromatic carbocycles. The SMILES string of the molecule is O=Cc1c(/C=C/F)oc2cccc(Cl)c12. The van der Waals surface area contributed by atoms with Gasteiger partial charge in [0.05, 0.1) is 22.3 Å². The summed E-state index contributed by atoms with van der Waals surface area (Å²) in [7, 11) is 0. The third-order valence-electron chi connectivity index (χ3n) is 2.06. The van der Waals surface area contributed by atoms with Gasteiger partial charge in [-0.3, -0.25) is 4.79 Å². The maximum atomic E-state index is 12.0. The molecule has 4 heteroatoms. The summed E-state index contributed by atoms with van der Waals surface area (Å²) in [6.07, 6.45) is 2.01. The highest BCUT2D eigenvalue weighted by Crippen LogP contribution is 2.31. The van der Waals surface area contributed by atoms with Crippen molar-refractivity contribution in [2.45, 2.75) is 0 Å². The van der Waals surface area contributed by atoms with Crippen molar-refractivity contribution in [1.29, 1.82) is 0 Å². The minimum atomic E-state index is 0.176. The van der Waals surface area contributed by atoms with Crippen molar-refractivity contribution >= 4 is 34.9 Å². The summed E-state index contributed by atoms with van der Waals surface area (Å²) < 4.78 is 17.3. The Morgan fingerprint density at radius 3 is 2.87 bits per heavy atom. The standard InChI is InChI=1S/C11H6ClFO2/c12-8-2-1-3-10-11(8)7(6-14)9(15-10)4-5-13/h1-6H/b5-4+. The van der Waals surface area contributed by atoms with Gasteiger partial charge in [0.2, 0.25) is 0 Å². The Morgan fingerprint density at radius 2 is 2.20 bits per heavy atom. The van der Waals surface area contributed by atoms with E-state index in [9.17, 15) is 9.18 Å². The predicted octanol–water partition coefficient (Wildman–Crippen LogP) is 3.84. The zero-order valence-electron chi connectivity index (χ0n) is 7.54. The van der Waals surface area contributed by atoms with Gasteiger partial charge < -0.3 is 4.42 Å². The second-order valence-corrected chi connectivity index (χ2v) is 3.31. The summed E-state index contributed by atoms with van der Waals surface area (Å²) >= 11 is 5.92. The molecule has 2 aromatic rings. The van der Waals surface area contributed by atoms with Crippen LogP contribution >= 0.6 is 11.6 Å². The van der Waals surface area contributed by atoms with E-state index in [1.807, 2.05) is 0 Å². The molecule has 0 bridgehead atoms. The minimum Gasteiger partial charge on any atom is -0.456 e. The molecule has 76 valence electrons. The van der Waals surface area contributed by atoms with Crippen LogP contribution in [0.3, 0.4) is 0 Å². The van der Waals surface area contributed by atoms with Gasteiger partial charge >= 0.3 is 0 Å². The molecule has 0 saturated heterocycles. The lowest BCUT2D eigenvalue weighted by Gasteiger charge is -1.91. The second-order valence-electron chi connectivity index (χ2n) is 2.90. The van der Waals surface area contributed by atoms with Crippen LogP contribution in [0.5, 0.6) is 0 Å². The summed E-state index contributed by atoms with van der Waals surface area (Å²) in [6.45, 7) is 0. The molecule has 2 rings (SSSR count). The molecular weight excluding hydrogens is 219 g/mol. The van der Waals surface area contributed by atoms with E-state index in [1.54, 1.807) is 18.2 Å². The second kappa shape index (κ2) is 3.87. The number of carbonyl (C=O) groups excluding carboxylic acids is 1. The normalized spacial score (nSPS) is 11.3. The van der Waals surface area contributed by atoms with Crippen LogP contribution in [0.1, 0.15) is 16.1 Å². The van der Waals surface area contributed by atoms with E-state index >= 15 is 0 Å². The van der Waals surface area contributed by atoms with Crippen LogP contribution in [0.4, 0.5) is 4.39 Å². The van der Waals surface area contributed by atoms with Crippen molar-refractivity contribution in [2.24, 2.45) is 0 Å². The van der Waals surface area contributed by atoms with Crippen LogP contribution in [-0.2, 0) is 0 Å². The topological polar surface area (TPSA) is 30.2 Å². The fourth-order valence-corrected chi connectivity index (χ4v) is 1.71. The molecule has 0 unspecified atom stereocenters. The molecule has 1 heterocycles. The largest absolute Gasteiger partial charge is 0.456 e. The van der Waals surface area contributed by atoms with Gasteiger partial charge in [-0.25, -0.2) is 4.39 Å². The lowest BCUT2D eigenvalue weighted by Crippen LogP contribution is -1.80. The number of hydrogen-bond acceptors (Lipinski definition) is 2. The van der Waals surface area contributed by atoms with E-state index < -0.39 is 0 Å². The lowest BCUT2D eigenvalue weighted by atomic mass is 10.1. The number of hydrogen-bond donors (Lipinski definition) is 0. The van der Waals surface area contributed by atoms with Crippen molar-refractivity contribution in [3.05, 3.63) is 40.9 Å². The van der Waals surface area contributed by atoms with Crippen LogP contribution in [0.15, 0.2) is 28.9 Å². The van der Waals surface area contributed by atoms with Crippen molar-refractivity contribution in [2.75, 3.05) is 0 Å². The first-order valence-electron chi connectivity index (χ1n) is 4.21. The average molecular weight is 225 g/mol. The Labute approximate surface area is 89.9 Å². The molecule has 15 heavy (non-hydrogen) atoms. The van der Waals surface area contributed by atoms with E-state index in [-0.39, 0.29) is 11.3 Å². The highest BCUT2D eigenvalue weighted by molar-refractivity contribution is 6.36. The van der Waals surface area contributed by atoms with E-state index in [4.69, 9.17) is 16.0 Å². The maximum Gasteiger partial charge on any atom is 0.154 e. The Morgan fingerprint density at radius 1 is 1.40 bits per heavy atom. The third kappa shape index (κ3) is 1.55. The van der Waals surface area contributed by atoms with Gasteiger partial charge in [0.15, 0.2) is 6.29 Å². The van der Waals surface area contributed by atoms with Crippen LogP contribution in [-0.4, -0.2) is 6.29 Å². The van der Waals surface area contributed by atoms with Crippen LogP contribution in [0.2, 0.25) is 5.02 Å². The van der Waals surface area contributed by atoms with Gasteiger partial charge in [-0.05, 0) is 12.1 Å². The van der Waals surface area contributed by atoms with Crippen LogP contribution in [0.25, 0.3) is 17.0 Å². The van der Waals surface area contributed by atoms with E-state index in [2.05, 4.69) is 0 Å². The Balaban J connectivity index is 2.85. The van der Waals surface area contributed by atoms with Crippen molar-refractivity contribution in [3.63, 3.8) is 0 Å². The van der Waals surface area contributed by atoms with E-state index in [1.165, 1.54) is 0 Å². The first-order chi connectivity index (χ1) is 7.27. The van der Waals surface area contributed by atoms with E-state index in [0.29, 0.717) is 28.6 Å². The Bertz CT molecular complexity index is 543. The number of halogens is 2. The number of rotatable bonds is 2. The van der Waals surface area contributed by atoms with E-state index in [0.717, 1.165) is 6.08 Å². The molecule has 0 radical (unpaired) electrons. The predicted molar refractivity (Wildman–Crippen MR) is 56.8 cm³/mol. The molecular formula is C11H6ClFO2. The third-order valence-corrected chi connectivity index (χ3v) is 2.38. The molecule has 0 atom stereocenters. The van der Waals surface area contributed by atoms with Gasteiger partial charge in [-0.2, -0.15) is 0 Å². The quantitative estimate of drug-likeness (QED) is 0.726. The van der Waals surface area contributed by atoms with Crippen LogP contribution < -0.4 is 0 Å². The number of carbonyl (C=O) groups is 1. The minimum absolute atomic E-state index is 0.176. The Hall–Kier alpha value is -1.61. The highest BCUT2D eigenvalue weighted by atomic mass is 35.5. The monoisotopic (exact) mass is 224 g/mol. The molecule has 1 aromatic heterocycles. The van der Waals surface area contributed by atoms with Gasteiger partial charge in [0.25, 0.3) is 0 Å². The van der Waals surface area contributed by atoms with Gasteiger partial charge in [0, 0.05) is 6.08 Å². The highest BCUT2D eigenvalue weighted by Gasteiger charge is 2.13. The summed E-state index contributed by atoms with van der Waals surface area (Å²) in [5, 5.41) is 0.930. The summed E-state index contributed by atoms with van der Waals surface area (Å²) in [5.74, 6) is 0.176. The molecule has 0 saturated carbocycles. The molecule has 0 amide bonds. The number of aldehydes is 1. The van der Waals surface area contributed by atoms with Gasteiger partial charge in [-0.15, -0.1) is 0 Å². The summed E-state index contributed by atoms with van der Waals surface area (Å²) in [5.41, 5.74) is 0.738. The Kier molecular flexibility index (Phi) is 2.56. The smallest absolute Gasteiger partial charge is 0.154 e. The molecule has 0 aliphatic rings. The van der Waals surface area contributed by atoms with Gasteiger partial charge in [-0.1, -0.05) is 17.7 Å².